The molecule has 546 valence electrons. The Labute approximate surface area is 562 Å². The fourth-order valence-corrected chi connectivity index (χ4v) is 12.6. The highest BCUT2D eigenvalue weighted by atomic mass is 31.2. The van der Waals surface area contributed by atoms with Crippen LogP contribution in [0.25, 0.3) is 0 Å². The summed E-state index contributed by atoms with van der Waals surface area (Å²) in [5.74, 6) is 0.854. The standard InChI is InChI=1S/C73H142O17P2/c1-63(2)49-41-33-25-18-14-12-10-9-11-13-15-20-29-37-45-53-70(75)83-59-68(89-72(77)55-47-39-30-21-17-16-19-26-34-42-50-64(3)4)61-87-91(79,80)85-57-67(74)58-86-92(81,82)88-62-69(60-84-71(76)54-46-38-32-24-28-36-44-52-66(7)8)90-73(78)56-48-40-31-23-22-27-35-43-51-65(5)6/h63-69,74H,9-62H2,1-8H3,(H,79,80)(H,81,82)/t67?,68-,69-/m1/s1. The molecule has 0 aromatic rings. The summed E-state index contributed by atoms with van der Waals surface area (Å²) in [6.07, 6.45) is 46.0. The van der Waals surface area contributed by atoms with Crippen LogP contribution in [0.1, 0.15) is 364 Å². The average molecular weight is 1350 g/mol. The number of carbonyl (C=O) groups is 4. The van der Waals surface area contributed by atoms with E-state index < -0.39 is 97.5 Å². The first-order valence-corrected chi connectivity index (χ1v) is 40.7. The number of phosphoric acid groups is 2. The van der Waals surface area contributed by atoms with Gasteiger partial charge in [-0.15, -0.1) is 0 Å². The van der Waals surface area contributed by atoms with Gasteiger partial charge in [-0.2, -0.15) is 0 Å². The number of phosphoric ester groups is 2. The van der Waals surface area contributed by atoms with E-state index in [4.69, 9.17) is 37.0 Å². The molecule has 0 spiro atoms. The van der Waals surface area contributed by atoms with Crippen molar-refractivity contribution < 1.29 is 80.2 Å². The van der Waals surface area contributed by atoms with Crippen molar-refractivity contribution in [2.24, 2.45) is 23.7 Å². The third-order valence-corrected chi connectivity index (χ3v) is 18.7. The van der Waals surface area contributed by atoms with Gasteiger partial charge < -0.3 is 33.8 Å². The van der Waals surface area contributed by atoms with Crippen LogP contribution in [-0.4, -0.2) is 96.7 Å². The van der Waals surface area contributed by atoms with Crippen LogP contribution in [0.2, 0.25) is 0 Å². The second-order valence-electron chi connectivity index (χ2n) is 28.2. The fraction of sp³-hybridized carbons (Fsp3) is 0.945. The van der Waals surface area contributed by atoms with Crippen LogP contribution in [0.15, 0.2) is 0 Å². The molecule has 0 rings (SSSR count). The maximum absolute atomic E-state index is 13.0. The summed E-state index contributed by atoms with van der Waals surface area (Å²) < 4.78 is 68.4. The van der Waals surface area contributed by atoms with Gasteiger partial charge in [0.2, 0.25) is 0 Å². The number of unbranched alkanes of at least 4 members (excludes halogenated alkanes) is 36. The van der Waals surface area contributed by atoms with Crippen LogP contribution >= 0.6 is 15.6 Å². The van der Waals surface area contributed by atoms with E-state index in [1.807, 2.05) is 0 Å². The zero-order valence-corrected chi connectivity index (χ0v) is 62.0. The SMILES string of the molecule is CC(C)CCCCCCCCCCCCCCCCCC(=O)OC[C@H](COP(=O)(O)OCC(O)COP(=O)(O)OC[C@@H](COC(=O)CCCCCCCCCC(C)C)OC(=O)CCCCCCCCCCC(C)C)OC(=O)CCCCCCCCCCCCC(C)C. The predicted molar refractivity (Wildman–Crippen MR) is 372 cm³/mol. The van der Waals surface area contributed by atoms with Crippen LogP contribution in [0.3, 0.4) is 0 Å². The number of rotatable bonds is 70. The highest BCUT2D eigenvalue weighted by molar-refractivity contribution is 7.47. The van der Waals surface area contributed by atoms with Crippen molar-refractivity contribution >= 4 is 39.5 Å². The van der Waals surface area contributed by atoms with Crippen LogP contribution in [0.5, 0.6) is 0 Å². The van der Waals surface area contributed by atoms with E-state index in [9.17, 15) is 43.2 Å². The molecule has 19 heteroatoms. The Morgan fingerprint density at radius 3 is 0.674 bits per heavy atom. The molecular weight excluding hydrogens is 1210 g/mol. The largest absolute Gasteiger partial charge is 0.472 e. The van der Waals surface area contributed by atoms with Gasteiger partial charge in [0.25, 0.3) is 0 Å². The lowest BCUT2D eigenvalue weighted by molar-refractivity contribution is -0.161. The summed E-state index contributed by atoms with van der Waals surface area (Å²) in [7, 11) is -9.91. The molecule has 0 fully saturated rings. The Bertz CT molecular complexity index is 1820. The Morgan fingerprint density at radius 2 is 0.457 bits per heavy atom. The molecular formula is C73H142O17P2. The lowest BCUT2D eigenvalue weighted by Crippen LogP contribution is -2.30. The first kappa shape index (κ1) is 90.1. The highest BCUT2D eigenvalue weighted by Gasteiger charge is 2.30. The third kappa shape index (κ3) is 66.7. The van der Waals surface area contributed by atoms with Crippen LogP contribution < -0.4 is 0 Å². The summed E-state index contributed by atoms with van der Waals surface area (Å²) in [6.45, 7) is 14.1. The van der Waals surface area contributed by atoms with E-state index in [0.717, 1.165) is 114 Å². The van der Waals surface area contributed by atoms with E-state index in [-0.39, 0.29) is 25.7 Å². The minimum Gasteiger partial charge on any atom is -0.462 e. The summed E-state index contributed by atoms with van der Waals surface area (Å²) >= 11 is 0. The molecule has 0 saturated carbocycles. The minimum absolute atomic E-state index is 0.103. The molecule has 3 N–H and O–H groups in total. The zero-order valence-electron chi connectivity index (χ0n) is 60.2. The molecule has 0 radical (unpaired) electrons. The van der Waals surface area contributed by atoms with Crippen molar-refractivity contribution in [3.8, 4) is 0 Å². The minimum atomic E-state index is -4.96. The molecule has 0 heterocycles. The van der Waals surface area contributed by atoms with E-state index in [1.165, 1.54) is 161 Å². The molecule has 0 aliphatic carbocycles. The normalized spacial score (nSPS) is 14.2. The molecule has 0 bridgehead atoms. The van der Waals surface area contributed by atoms with Crippen molar-refractivity contribution in [3.05, 3.63) is 0 Å². The number of aliphatic hydroxyl groups is 1. The molecule has 0 aliphatic rings. The zero-order chi connectivity index (χ0) is 68.2. The summed E-state index contributed by atoms with van der Waals surface area (Å²) in [4.78, 5) is 72.6. The Kier molecular flexibility index (Phi) is 61.3. The molecule has 0 aromatic carbocycles. The van der Waals surface area contributed by atoms with Gasteiger partial charge in [-0.3, -0.25) is 37.3 Å². The number of carbonyl (C=O) groups excluding carboxylic acids is 4. The van der Waals surface area contributed by atoms with Gasteiger partial charge in [0.1, 0.15) is 19.3 Å². The van der Waals surface area contributed by atoms with Gasteiger partial charge in [0.15, 0.2) is 12.2 Å². The highest BCUT2D eigenvalue weighted by Crippen LogP contribution is 2.45. The van der Waals surface area contributed by atoms with Crippen LogP contribution in [0, 0.1) is 23.7 Å². The number of hydrogen-bond acceptors (Lipinski definition) is 15. The molecule has 17 nitrogen and oxygen atoms in total. The molecule has 5 atom stereocenters. The quantitative estimate of drug-likeness (QED) is 0.0222. The second kappa shape index (κ2) is 62.6. The average Bonchev–Trinajstić information content (AvgIpc) is 2.11. The summed E-state index contributed by atoms with van der Waals surface area (Å²) in [5.41, 5.74) is 0. The van der Waals surface area contributed by atoms with Gasteiger partial charge >= 0.3 is 39.5 Å². The van der Waals surface area contributed by atoms with Crippen molar-refractivity contribution in [3.63, 3.8) is 0 Å². The van der Waals surface area contributed by atoms with Crippen molar-refractivity contribution in [1.29, 1.82) is 0 Å². The van der Waals surface area contributed by atoms with Crippen LogP contribution in [0.4, 0.5) is 0 Å². The molecule has 92 heavy (non-hydrogen) atoms. The van der Waals surface area contributed by atoms with Crippen molar-refractivity contribution in [1.82, 2.24) is 0 Å². The summed E-state index contributed by atoms with van der Waals surface area (Å²) in [6, 6.07) is 0. The van der Waals surface area contributed by atoms with E-state index in [2.05, 4.69) is 55.4 Å². The number of ether oxygens (including phenoxy) is 4. The number of hydrogen-bond donors (Lipinski definition) is 3. The predicted octanol–water partition coefficient (Wildman–Crippen LogP) is 20.9. The Morgan fingerprint density at radius 1 is 0.272 bits per heavy atom. The van der Waals surface area contributed by atoms with Gasteiger partial charge in [-0.25, -0.2) is 9.13 Å². The maximum atomic E-state index is 13.0. The van der Waals surface area contributed by atoms with Crippen LogP contribution in [-0.2, 0) is 65.4 Å². The molecule has 0 aromatic heterocycles. The second-order valence-corrected chi connectivity index (χ2v) is 31.1. The van der Waals surface area contributed by atoms with E-state index in [1.54, 1.807) is 0 Å². The van der Waals surface area contributed by atoms with Gasteiger partial charge in [0.05, 0.1) is 26.4 Å². The number of esters is 4. The smallest absolute Gasteiger partial charge is 0.462 e. The number of aliphatic hydroxyl groups excluding tert-OH is 1. The maximum Gasteiger partial charge on any atom is 0.472 e. The first-order valence-electron chi connectivity index (χ1n) is 37.7. The topological polar surface area (TPSA) is 237 Å². The van der Waals surface area contributed by atoms with Gasteiger partial charge in [-0.1, -0.05) is 312 Å². The Hall–Kier alpha value is -1.94. The van der Waals surface area contributed by atoms with Gasteiger partial charge in [-0.05, 0) is 49.4 Å². The van der Waals surface area contributed by atoms with Crippen molar-refractivity contribution in [2.45, 2.75) is 382 Å². The molecule has 0 amide bonds. The van der Waals surface area contributed by atoms with Crippen molar-refractivity contribution in [2.75, 3.05) is 39.6 Å². The monoisotopic (exact) mass is 1350 g/mol. The van der Waals surface area contributed by atoms with E-state index in [0.29, 0.717) is 31.6 Å². The Balaban J connectivity index is 5.22. The molecule has 3 unspecified atom stereocenters. The van der Waals surface area contributed by atoms with E-state index >= 15 is 0 Å². The lowest BCUT2D eigenvalue weighted by atomic mass is 10.0. The fourth-order valence-electron chi connectivity index (χ4n) is 11.0. The summed E-state index contributed by atoms with van der Waals surface area (Å²) in [5, 5.41) is 10.6. The third-order valence-electron chi connectivity index (χ3n) is 16.8. The molecule has 0 saturated heterocycles. The lowest BCUT2D eigenvalue weighted by Gasteiger charge is -2.21. The first-order chi connectivity index (χ1) is 44.1. The molecule has 0 aliphatic heterocycles. The van der Waals surface area contributed by atoms with Gasteiger partial charge in [0, 0.05) is 25.7 Å².